The molecule has 8 nitrogen and oxygen atoms in total. The number of Topliss-reactive ketones (excluding diaryl/α,β-unsaturated/α-hetero) is 1. The molecule has 0 aromatic heterocycles. The molecule has 1 aliphatic heterocycles. The summed E-state index contributed by atoms with van der Waals surface area (Å²) in [5, 5.41) is 13.9. The van der Waals surface area contributed by atoms with Crippen LogP contribution in [0, 0.1) is 10.1 Å². The molecule has 8 heteroatoms. The third kappa shape index (κ3) is 3.42. The Bertz CT molecular complexity index is 860. The number of rotatable bonds is 4. The van der Waals surface area contributed by atoms with E-state index in [9.17, 15) is 19.7 Å². The maximum atomic E-state index is 12.5. The first-order valence-corrected chi connectivity index (χ1v) is 7.46. The quantitative estimate of drug-likeness (QED) is 0.520. The fourth-order valence-electron chi connectivity index (χ4n) is 2.40. The van der Waals surface area contributed by atoms with Crippen molar-refractivity contribution in [3.63, 3.8) is 0 Å². The number of anilines is 1. The van der Waals surface area contributed by atoms with Crippen LogP contribution in [0.5, 0.6) is 11.5 Å². The van der Waals surface area contributed by atoms with E-state index in [0.717, 1.165) is 0 Å². The van der Waals surface area contributed by atoms with E-state index in [1.165, 1.54) is 19.1 Å². The fraction of sp³-hybridized carbons (Fsp3) is 0.176. The van der Waals surface area contributed by atoms with Crippen molar-refractivity contribution in [3.05, 3.63) is 57.6 Å². The predicted molar refractivity (Wildman–Crippen MR) is 88.5 cm³/mol. The lowest BCUT2D eigenvalue weighted by Crippen LogP contribution is -2.18. The molecule has 25 heavy (non-hydrogen) atoms. The van der Waals surface area contributed by atoms with Crippen LogP contribution in [-0.2, 0) is 0 Å². The number of hydrogen-bond donors (Lipinski definition) is 1. The van der Waals surface area contributed by atoms with Crippen LogP contribution in [0.1, 0.15) is 27.6 Å². The zero-order valence-electron chi connectivity index (χ0n) is 13.3. The summed E-state index contributed by atoms with van der Waals surface area (Å²) >= 11 is 0. The Hall–Kier alpha value is -3.42. The fourth-order valence-corrected chi connectivity index (χ4v) is 2.40. The number of ether oxygens (including phenoxy) is 2. The van der Waals surface area contributed by atoms with Gasteiger partial charge in [-0.05, 0) is 31.2 Å². The summed E-state index contributed by atoms with van der Waals surface area (Å²) in [7, 11) is 0. The molecule has 2 aromatic rings. The second-order valence-corrected chi connectivity index (χ2v) is 5.36. The number of carbonyl (C=O) groups is 2. The number of nitro benzene ring substituents is 1. The Balaban J connectivity index is 1.90. The molecular weight excluding hydrogens is 328 g/mol. The highest BCUT2D eigenvalue weighted by Gasteiger charge is 2.26. The molecule has 2 aromatic carbocycles. The first-order chi connectivity index (χ1) is 12.0. The SMILES string of the molecule is CC(=O)c1ccc(NC(=O)c2cc3c(cc2[N+](=O)[O-])OCCO3)cc1. The molecule has 3 rings (SSSR count). The molecule has 0 aliphatic carbocycles. The highest BCUT2D eigenvalue weighted by Crippen LogP contribution is 2.36. The number of benzene rings is 2. The van der Waals surface area contributed by atoms with Crippen LogP contribution in [0.3, 0.4) is 0 Å². The number of nitrogens with zero attached hydrogens (tertiary/aromatic N) is 1. The molecule has 128 valence electrons. The van der Waals surface area contributed by atoms with E-state index < -0.39 is 10.8 Å². The molecule has 0 unspecified atom stereocenters. The van der Waals surface area contributed by atoms with Crippen LogP contribution in [0.25, 0.3) is 0 Å². The maximum absolute atomic E-state index is 12.5. The highest BCUT2D eigenvalue weighted by atomic mass is 16.6. The van der Waals surface area contributed by atoms with Gasteiger partial charge in [0.15, 0.2) is 17.3 Å². The zero-order valence-corrected chi connectivity index (χ0v) is 13.3. The third-order valence-electron chi connectivity index (χ3n) is 3.65. The van der Waals surface area contributed by atoms with E-state index in [1.807, 2.05) is 0 Å². The molecule has 1 N–H and O–H groups in total. The Kier molecular flexibility index (Phi) is 4.34. The molecule has 0 radical (unpaired) electrons. The summed E-state index contributed by atoms with van der Waals surface area (Å²) in [6, 6.07) is 8.72. The molecule has 1 aliphatic rings. The second kappa shape index (κ2) is 6.60. The number of ketones is 1. The van der Waals surface area contributed by atoms with Crippen molar-refractivity contribution in [2.75, 3.05) is 18.5 Å². The minimum Gasteiger partial charge on any atom is -0.486 e. The molecule has 0 bridgehead atoms. The smallest absolute Gasteiger partial charge is 0.286 e. The summed E-state index contributed by atoms with van der Waals surface area (Å²) in [6.45, 7) is 2.03. The van der Waals surface area contributed by atoms with Gasteiger partial charge in [-0.25, -0.2) is 0 Å². The standard InChI is InChI=1S/C17H14N2O6/c1-10(20)11-2-4-12(5-3-11)18-17(21)13-8-15-16(25-7-6-24-15)9-14(13)19(22)23/h2-5,8-9H,6-7H2,1H3,(H,18,21). The van der Waals surface area contributed by atoms with E-state index in [0.29, 0.717) is 17.9 Å². The molecule has 1 amide bonds. The van der Waals surface area contributed by atoms with E-state index in [-0.39, 0.29) is 35.1 Å². The van der Waals surface area contributed by atoms with Crippen molar-refractivity contribution < 1.29 is 24.0 Å². The van der Waals surface area contributed by atoms with Crippen molar-refractivity contribution in [2.24, 2.45) is 0 Å². The van der Waals surface area contributed by atoms with Gasteiger partial charge in [0.2, 0.25) is 0 Å². The number of nitro groups is 1. The Morgan fingerprint density at radius 1 is 1.08 bits per heavy atom. The van der Waals surface area contributed by atoms with Crippen molar-refractivity contribution in [2.45, 2.75) is 6.92 Å². The summed E-state index contributed by atoms with van der Waals surface area (Å²) < 4.78 is 10.7. The van der Waals surface area contributed by atoms with Gasteiger partial charge in [-0.1, -0.05) is 0 Å². The lowest BCUT2D eigenvalue weighted by molar-refractivity contribution is -0.385. The minimum atomic E-state index is -0.653. The molecule has 0 atom stereocenters. The molecule has 0 fully saturated rings. The van der Waals surface area contributed by atoms with Crippen molar-refractivity contribution in [3.8, 4) is 11.5 Å². The van der Waals surface area contributed by atoms with Crippen LogP contribution in [-0.4, -0.2) is 29.8 Å². The van der Waals surface area contributed by atoms with Crippen LogP contribution < -0.4 is 14.8 Å². The van der Waals surface area contributed by atoms with Crippen molar-refractivity contribution >= 4 is 23.1 Å². The largest absolute Gasteiger partial charge is 0.486 e. The predicted octanol–water partition coefficient (Wildman–Crippen LogP) is 2.82. The summed E-state index contributed by atoms with van der Waals surface area (Å²) in [5.41, 5.74) is 0.412. The molecule has 0 saturated carbocycles. The first kappa shape index (κ1) is 16.4. The zero-order chi connectivity index (χ0) is 18.0. The van der Waals surface area contributed by atoms with Gasteiger partial charge in [0.25, 0.3) is 11.6 Å². The van der Waals surface area contributed by atoms with E-state index in [1.54, 1.807) is 24.3 Å². The van der Waals surface area contributed by atoms with Crippen LogP contribution in [0.15, 0.2) is 36.4 Å². The van der Waals surface area contributed by atoms with Gasteiger partial charge in [-0.3, -0.25) is 19.7 Å². The summed E-state index contributed by atoms with van der Waals surface area (Å²) in [5.74, 6) is -0.228. The van der Waals surface area contributed by atoms with Gasteiger partial charge in [-0.2, -0.15) is 0 Å². The highest BCUT2D eigenvalue weighted by molar-refractivity contribution is 6.07. The van der Waals surface area contributed by atoms with Gasteiger partial charge in [0.1, 0.15) is 18.8 Å². The molecule has 0 spiro atoms. The lowest BCUT2D eigenvalue weighted by atomic mass is 10.1. The third-order valence-corrected chi connectivity index (χ3v) is 3.65. The van der Waals surface area contributed by atoms with Gasteiger partial charge in [0.05, 0.1) is 11.0 Å². The second-order valence-electron chi connectivity index (χ2n) is 5.36. The normalized spacial score (nSPS) is 12.4. The molecule has 0 saturated heterocycles. The van der Waals surface area contributed by atoms with Crippen LogP contribution in [0.2, 0.25) is 0 Å². The van der Waals surface area contributed by atoms with E-state index in [2.05, 4.69) is 5.32 Å². The Morgan fingerprint density at radius 2 is 1.68 bits per heavy atom. The monoisotopic (exact) mass is 342 g/mol. The van der Waals surface area contributed by atoms with Gasteiger partial charge in [0, 0.05) is 17.3 Å². The van der Waals surface area contributed by atoms with Crippen molar-refractivity contribution in [1.82, 2.24) is 0 Å². The minimum absolute atomic E-state index is 0.0969. The van der Waals surface area contributed by atoms with Gasteiger partial charge >= 0.3 is 0 Å². The topological polar surface area (TPSA) is 108 Å². The average Bonchev–Trinajstić information content (AvgIpc) is 2.61. The summed E-state index contributed by atoms with van der Waals surface area (Å²) in [6.07, 6.45) is 0. The molecular formula is C17H14N2O6. The molecule has 1 heterocycles. The Labute approximate surface area is 142 Å². The number of fused-ring (bicyclic) bond motifs is 1. The first-order valence-electron chi connectivity index (χ1n) is 7.46. The lowest BCUT2D eigenvalue weighted by Gasteiger charge is -2.18. The van der Waals surface area contributed by atoms with Crippen LogP contribution >= 0.6 is 0 Å². The number of amides is 1. The van der Waals surface area contributed by atoms with E-state index in [4.69, 9.17) is 9.47 Å². The van der Waals surface area contributed by atoms with Gasteiger partial charge < -0.3 is 14.8 Å². The van der Waals surface area contributed by atoms with Crippen molar-refractivity contribution in [1.29, 1.82) is 0 Å². The maximum Gasteiger partial charge on any atom is 0.286 e. The van der Waals surface area contributed by atoms with Gasteiger partial charge in [-0.15, -0.1) is 0 Å². The Morgan fingerprint density at radius 3 is 2.24 bits per heavy atom. The summed E-state index contributed by atoms with van der Waals surface area (Å²) in [4.78, 5) is 34.4. The number of nitrogens with one attached hydrogen (secondary N) is 1. The average molecular weight is 342 g/mol. The van der Waals surface area contributed by atoms with Crippen LogP contribution in [0.4, 0.5) is 11.4 Å². The van der Waals surface area contributed by atoms with E-state index >= 15 is 0 Å². The number of carbonyl (C=O) groups excluding carboxylic acids is 2. The number of hydrogen-bond acceptors (Lipinski definition) is 6.